The molecule has 0 aliphatic carbocycles. The number of benzene rings is 1. The summed E-state index contributed by atoms with van der Waals surface area (Å²) in [5, 5.41) is 1.05. The highest BCUT2D eigenvalue weighted by Gasteiger charge is 2.05. The maximum Gasteiger partial charge on any atom is 0.258 e. The summed E-state index contributed by atoms with van der Waals surface area (Å²) in [5.74, 6) is -0.364. The highest BCUT2D eigenvalue weighted by Crippen LogP contribution is 2.27. The van der Waals surface area contributed by atoms with E-state index in [4.69, 9.17) is 5.73 Å². The van der Waals surface area contributed by atoms with E-state index < -0.39 is 0 Å². The van der Waals surface area contributed by atoms with Crippen LogP contribution in [0.2, 0.25) is 0 Å². The molecule has 4 heteroatoms. The van der Waals surface area contributed by atoms with Crippen molar-refractivity contribution in [2.24, 2.45) is 5.73 Å². The fourth-order valence-electron chi connectivity index (χ4n) is 1.14. The number of carbonyl (C=O) groups excluding carboxylic acids is 1. The van der Waals surface area contributed by atoms with Gasteiger partial charge in [0.05, 0.1) is 4.88 Å². The molecular weight excluding hydrogens is 250 g/mol. The quantitative estimate of drug-likeness (QED) is 0.837. The smallest absolute Gasteiger partial charge is 0.258 e. The predicted octanol–water partition coefficient (Wildman–Crippen LogP) is 2.76. The van der Waals surface area contributed by atoms with Crippen molar-refractivity contribution in [3.05, 3.63) is 33.6 Å². The Morgan fingerprint density at radius 3 is 2.85 bits per heavy atom. The third kappa shape index (κ3) is 1.59. The van der Waals surface area contributed by atoms with Crippen molar-refractivity contribution >= 4 is 43.3 Å². The normalized spacial score (nSPS) is 10.5. The number of rotatable bonds is 1. The Labute approximate surface area is 87.5 Å². The Hall–Kier alpha value is -0.870. The number of thiophene rings is 1. The highest BCUT2D eigenvalue weighted by atomic mass is 79.9. The molecule has 66 valence electrons. The zero-order valence-corrected chi connectivity index (χ0v) is 8.98. The van der Waals surface area contributed by atoms with E-state index in [0.717, 1.165) is 14.6 Å². The SMILES string of the molecule is NC(=O)c1cc2cc(Br)ccc2s1. The van der Waals surface area contributed by atoms with E-state index >= 15 is 0 Å². The van der Waals surface area contributed by atoms with Crippen LogP contribution in [0.25, 0.3) is 10.1 Å². The average molecular weight is 256 g/mol. The van der Waals surface area contributed by atoms with E-state index in [2.05, 4.69) is 15.9 Å². The first-order valence-corrected chi connectivity index (χ1v) is 5.26. The van der Waals surface area contributed by atoms with Crippen LogP contribution in [0.3, 0.4) is 0 Å². The first-order chi connectivity index (χ1) is 6.16. The monoisotopic (exact) mass is 255 g/mol. The number of amides is 1. The molecule has 1 aromatic heterocycles. The molecule has 0 spiro atoms. The number of halogens is 1. The van der Waals surface area contributed by atoms with Gasteiger partial charge in [0, 0.05) is 9.17 Å². The summed E-state index contributed by atoms with van der Waals surface area (Å²) in [5.41, 5.74) is 5.18. The van der Waals surface area contributed by atoms with Crippen molar-refractivity contribution in [1.82, 2.24) is 0 Å². The minimum absolute atomic E-state index is 0.364. The van der Waals surface area contributed by atoms with E-state index in [0.29, 0.717) is 4.88 Å². The zero-order valence-electron chi connectivity index (χ0n) is 6.58. The van der Waals surface area contributed by atoms with E-state index in [1.165, 1.54) is 11.3 Å². The van der Waals surface area contributed by atoms with E-state index in [1.54, 1.807) is 0 Å². The van der Waals surface area contributed by atoms with Gasteiger partial charge in [-0.15, -0.1) is 11.3 Å². The van der Waals surface area contributed by atoms with E-state index in [1.807, 2.05) is 24.3 Å². The lowest BCUT2D eigenvalue weighted by Gasteiger charge is -1.88. The van der Waals surface area contributed by atoms with E-state index in [9.17, 15) is 4.79 Å². The summed E-state index contributed by atoms with van der Waals surface area (Å²) in [6.45, 7) is 0. The molecular formula is C9H6BrNOS. The van der Waals surface area contributed by atoms with Crippen LogP contribution in [0.1, 0.15) is 9.67 Å². The van der Waals surface area contributed by atoms with Crippen LogP contribution in [0.5, 0.6) is 0 Å². The van der Waals surface area contributed by atoms with Crippen LogP contribution in [0.15, 0.2) is 28.7 Å². The van der Waals surface area contributed by atoms with Gasteiger partial charge in [-0.2, -0.15) is 0 Å². The van der Waals surface area contributed by atoms with Gasteiger partial charge in [0.25, 0.3) is 5.91 Å². The van der Waals surface area contributed by atoms with Crippen LogP contribution in [-0.4, -0.2) is 5.91 Å². The topological polar surface area (TPSA) is 43.1 Å². The first-order valence-electron chi connectivity index (χ1n) is 3.66. The van der Waals surface area contributed by atoms with Gasteiger partial charge in [-0.1, -0.05) is 15.9 Å². The van der Waals surface area contributed by atoms with Crippen LogP contribution in [0, 0.1) is 0 Å². The molecule has 1 amide bonds. The molecule has 2 aromatic rings. The predicted molar refractivity (Wildman–Crippen MR) is 58.0 cm³/mol. The Kier molecular flexibility index (Phi) is 2.09. The lowest BCUT2D eigenvalue weighted by Crippen LogP contribution is -2.07. The first kappa shape index (κ1) is 8.72. The van der Waals surface area contributed by atoms with Crippen LogP contribution in [-0.2, 0) is 0 Å². The van der Waals surface area contributed by atoms with Crippen molar-refractivity contribution < 1.29 is 4.79 Å². The summed E-state index contributed by atoms with van der Waals surface area (Å²) in [6.07, 6.45) is 0. The molecule has 0 bridgehead atoms. The van der Waals surface area contributed by atoms with Crippen LogP contribution >= 0.6 is 27.3 Å². The van der Waals surface area contributed by atoms with Gasteiger partial charge in [-0.05, 0) is 29.7 Å². The van der Waals surface area contributed by atoms with Crippen molar-refractivity contribution in [2.45, 2.75) is 0 Å². The molecule has 1 aromatic carbocycles. The van der Waals surface area contributed by atoms with Gasteiger partial charge in [0.1, 0.15) is 0 Å². The van der Waals surface area contributed by atoms with Gasteiger partial charge < -0.3 is 5.73 Å². The van der Waals surface area contributed by atoms with E-state index in [-0.39, 0.29) is 5.91 Å². The highest BCUT2D eigenvalue weighted by molar-refractivity contribution is 9.10. The Bertz CT molecular complexity index is 477. The Balaban J connectivity index is 2.68. The maximum atomic E-state index is 10.9. The molecule has 0 aliphatic heterocycles. The molecule has 2 N–H and O–H groups in total. The maximum absolute atomic E-state index is 10.9. The summed E-state index contributed by atoms with van der Waals surface area (Å²) in [6, 6.07) is 7.70. The number of nitrogens with two attached hydrogens (primary N) is 1. The number of hydrogen-bond donors (Lipinski definition) is 1. The second kappa shape index (κ2) is 3.12. The number of carbonyl (C=O) groups is 1. The van der Waals surface area contributed by atoms with Gasteiger partial charge in [0.15, 0.2) is 0 Å². The van der Waals surface area contributed by atoms with Gasteiger partial charge in [0.2, 0.25) is 0 Å². The molecule has 0 aliphatic rings. The number of hydrogen-bond acceptors (Lipinski definition) is 2. The van der Waals surface area contributed by atoms with Gasteiger partial charge in [-0.25, -0.2) is 0 Å². The van der Waals surface area contributed by atoms with Crippen molar-refractivity contribution in [2.75, 3.05) is 0 Å². The third-order valence-electron chi connectivity index (χ3n) is 1.72. The lowest BCUT2D eigenvalue weighted by molar-refractivity contribution is 0.100. The zero-order chi connectivity index (χ0) is 9.42. The fourth-order valence-corrected chi connectivity index (χ4v) is 2.41. The molecule has 0 unspecified atom stereocenters. The molecule has 13 heavy (non-hydrogen) atoms. The molecule has 2 nitrogen and oxygen atoms in total. The summed E-state index contributed by atoms with van der Waals surface area (Å²) in [7, 11) is 0. The second-order valence-electron chi connectivity index (χ2n) is 2.66. The lowest BCUT2D eigenvalue weighted by atomic mass is 10.2. The average Bonchev–Trinajstić information content (AvgIpc) is 2.46. The van der Waals surface area contributed by atoms with Gasteiger partial charge >= 0.3 is 0 Å². The van der Waals surface area contributed by atoms with Crippen molar-refractivity contribution in [1.29, 1.82) is 0 Å². The number of primary amides is 1. The summed E-state index contributed by atoms with van der Waals surface area (Å²) in [4.78, 5) is 11.5. The standard InChI is InChI=1S/C9H6BrNOS/c10-6-1-2-7-5(3-6)4-8(13-7)9(11)12/h1-4H,(H2,11,12). The number of fused-ring (bicyclic) bond motifs is 1. The van der Waals surface area contributed by atoms with Crippen LogP contribution in [0.4, 0.5) is 0 Å². The molecule has 0 atom stereocenters. The molecule has 1 heterocycles. The second-order valence-corrected chi connectivity index (χ2v) is 4.66. The fraction of sp³-hybridized carbons (Fsp3) is 0. The molecule has 0 saturated heterocycles. The van der Waals surface area contributed by atoms with Crippen molar-refractivity contribution in [3.63, 3.8) is 0 Å². The largest absolute Gasteiger partial charge is 0.365 e. The Morgan fingerprint density at radius 1 is 1.38 bits per heavy atom. The molecule has 0 fully saturated rings. The minimum Gasteiger partial charge on any atom is -0.365 e. The van der Waals surface area contributed by atoms with Crippen LogP contribution < -0.4 is 5.73 Å². The third-order valence-corrected chi connectivity index (χ3v) is 3.35. The molecule has 0 saturated carbocycles. The van der Waals surface area contributed by atoms with Gasteiger partial charge in [-0.3, -0.25) is 4.79 Å². The Morgan fingerprint density at radius 2 is 2.15 bits per heavy atom. The van der Waals surface area contributed by atoms with Crippen molar-refractivity contribution in [3.8, 4) is 0 Å². The molecule has 2 rings (SSSR count). The summed E-state index contributed by atoms with van der Waals surface area (Å²) >= 11 is 4.79. The summed E-state index contributed by atoms with van der Waals surface area (Å²) < 4.78 is 2.09. The minimum atomic E-state index is -0.364. The molecule has 0 radical (unpaired) electrons.